The highest BCUT2D eigenvalue weighted by molar-refractivity contribution is 7.92. The molecule has 1 aliphatic carbocycles. The predicted molar refractivity (Wildman–Crippen MR) is 115 cm³/mol. The fraction of sp³-hybridized carbons (Fsp3) is 0.391. The molecule has 3 aliphatic rings. The van der Waals surface area contributed by atoms with Crippen LogP contribution in [-0.4, -0.2) is 46.6 Å². The number of anilines is 1. The Morgan fingerprint density at radius 1 is 1.07 bits per heavy atom. The molecule has 0 aromatic heterocycles. The second kappa shape index (κ2) is 6.61. The van der Waals surface area contributed by atoms with Gasteiger partial charge >= 0.3 is 0 Å². The van der Waals surface area contributed by atoms with Gasteiger partial charge in [-0.2, -0.15) is 0 Å². The number of hydrogen-bond acceptors (Lipinski definition) is 4. The quantitative estimate of drug-likeness (QED) is 0.774. The van der Waals surface area contributed by atoms with Gasteiger partial charge < -0.3 is 4.74 Å². The van der Waals surface area contributed by atoms with Crippen molar-refractivity contribution < 1.29 is 13.2 Å². The minimum Gasteiger partial charge on any atom is -0.497 e. The predicted octanol–water partition coefficient (Wildman–Crippen LogP) is 3.72. The van der Waals surface area contributed by atoms with Crippen molar-refractivity contribution in [3.8, 4) is 5.75 Å². The molecule has 0 amide bonds. The SMILES string of the molecule is COc1ccc(S(=O)(=O)N2C[C@H]3C[C@@H]4C(=C[C@H](C)CN4C)c4cccc2c43)cc1. The van der Waals surface area contributed by atoms with E-state index in [-0.39, 0.29) is 5.92 Å². The van der Waals surface area contributed by atoms with E-state index in [0.29, 0.717) is 29.1 Å². The standard InChI is InChI=1S/C23H26N2O3S/c1-15-11-20-19-5-4-6-21-23(19)16(12-22(20)24(2)13-15)14-25(21)29(26,27)18-9-7-17(28-3)8-10-18/h4-11,15-16,22H,12-14H2,1-3H3/t15-,16+,22+/m0/s1. The number of rotatable bonds is 3. The van der Waals surface area contributed by atoms with Gasteiger partial charge in [-0.05, 0) is 66.4 Å². The van der Waals surface area contributed by atoms with Gasteiger partial charge in [-0.1, -0.05) is 25.1 Å². The number of sulfonamides is 1. The largest absolute Gasteiger partial charge is 0.497 e. The Morgan fingerprint density at radius 3 is 2.55 bits per heavy atom. The van der Waals surface area contributed by atoms with Crippen LogP contribution in [0, 0.1) is 5.92 Å². The summed E-state index contributed by atoms with van der Waals surface area (Å²) in [5.41, 5.74) is 4.63. The van der Waals surface area contributed by atoms with E-state index in [9.17, 15) is 8.42 Å². The van der Waals surface area contributed by atoms with Gasteiger partial charge in [0.2, 0.25) is 0 Å². The maximum Gasteiger partial charge on any atom is 0.264 e. The van der Waals surface area contributed by atoms with Crippen molar-refractivity contribution in [1.82, 2.24) is 4.90 Å². The Balaban J connectivity index is 1.60. The van der Waals surface area contributed by atoms with Crippen LogP contribution in [0.5, 0.6) is 5.75 Å². The van der Waals surface area contributed by atoms with E-state index in [0.717, 1.165) is 18.7 Å². The Morgan fingerprint density at radius 2 is 1.83 bits per heavy atom. The lowest BCUT2D eigenvalue weighted by atomic mass is 9.75. The first kappa shape index (κ1) is 18.7. The zero-order chi connectivity index (χ0) is 20.3. The normalized spacial score (nSPS) is 26.0. The molecule has 5 rings (SSSR count). The highest BCUT2D eigenvalue weighted by Crippen LogP contribution is 2.51. The van der Waals surface area contributed by atoms with Crippen LogP contribution in [0.15, 0.2) is 53.4 Å². The minimum atomic E-state index is -3.62. The number of fused-ring (bicyclic) bond motifs is 2. The fourth-order valence-corrected chi connectivity index (χ4v) is 6.80. The minimum absolute atomic E-state index is 0.229. The van der Waals surface area contributed by atoms with E-state index in [4.69, 9.17) is 4.74 Å². The molecule has 2 aliphatic heterocycles. The Labute approximate surface area is 172 Å². The zero-order valence-electron chi connectivity index (χ0n) is 17.0. The van der Waals surface area contributed by atoms with E-state index in [2.05, 4.69) is 31.0 Å². The molecule has 6 heteroatoms. The number of hydrogen-bond donors (Lipinski definition) is 0. The highest BCUT2D eigenvalue weighted by Gasteiger charge is 2.44. The van der Waals surface area contributed by atoms with Crippen LogP contribution in [0.1, 0.15) is 30.4 Å². The summed E-state index contributed by atoms with van der Waals surface area (Å²) in [6.07, 6.45) is 3.35. The van der Waals surface area contributed by atoms with Crippen molar-refractivity contribution in [3.05, 3.63) is 59.7 Å². The van der Waals surface area contributed by atoms with Gasteiger partial charge in [0.05, 0.1) is 17.7 Å². The first-order chi connectivity index (χ1) is 13.9. The average Bonchev–Trinajstić information content (AvgIpc) is 3.10. The maximum atomic E-state index is 13.5. The number of benzene rings is 2. The number of likely N-dealkylation sites (N-methyl/N-ethyl adjacent to an activating group) is 1. The second-order valence-corrected chi connectivity index (χ2v) is 10.3. The summed E-state index contributed by atoms with van der Waals surface area (Å²) in [5, 5.41) is 0. The number of methoxy groups -OCH3 is 1. The molecule has 2 heterocycles. The third-order valence-corrected chi connectivity index (χ3v) is 8.34. The van der Waals surface area contributed by atoms with Gasteiger partial charge in [0.1, 0.15) is 5.75 Å². The van der Waals surface area contributed by atoms with Crippen LogP contribution in [0.3, 0.4) is 0 Å². The summed E-state index contributed by atoms with van der Waals surface area (Å²) in [5.74, 6) is 1.38. The van der Waals surface area contributed by atoms with Crippen LogP contribution in [0.2, 0.25) is 0 Å². The Bertz CT molecular complexity index is 1090. The third-order valence-electron chi connectivity index (χ3n) is 6.54. The molecule has 0 saturated carbocycles. The summed E-state index contributed by atoms with van der Waals surface area (Å²) in [7, 11) is 0.140. The monoisotopic (exact) mass is 410 g/mol. The van der Waals surface area contributed by atoms with Gasteiger partial charge in [-0.3, -0.25) is 9.21 Å². The molecule has 0 spiro atoms. The molecule has 5 nitrogen and oxygen atoms in total. The molecule has 0 N–H and O–H groups in total. The lowest BCUT2D eigenvalue weighted by molar-refractivity contribution is 0.233. The van der Waals surface area contributed by atoms with Gasteiger partial charge in [0.15, 0.2) is 0 Å². The van der Waals surface area contributed by atoms with Crippen molar-refractivity contribution in [2.75, 3.05) is 31.6 Å². The summed E-state index contributed by atoms with van der Waals surface area (Å²) in [6.45, 7) is 3.80. The smallest absolute Gasteiger partial charge is 0.264 e. The number of nitrogens with zero attached hydrogens (tertiary/aromatic N) is 2. The maximum absolute atomic E-state index is 13.5. The van der Waals surface area contributed by atoms with Crippen LogP contribution >= 0.6 is 0 Å². The fourth-order valence-electron chi connectivity index (χ4n) is 5.27. The molecule has 2 aromatic rings. The molecule has 0 unspecified atom stereocenters. The van der Waals surface area contributed by atoms with Gasteiger partial charge in [-0.15, -0.1) is 0 Å². The second-order valence-electron chi connectivity index (χ2n) is 8.44. The van der Waals surface area contributed by atoms with Crippen molar-refractivity contribution in [1.29, 1.82) is 0 Å². The Hall–Kier alpha value is -2.31. The molecule has 29 heavy (non-hydrogen) atoms. The molecule has 3 atom stereocenters. The van der Waals surface area contributed by atoms with Gasteiger partial charge in [-0.25, -0.2) is 8.42 Å². The molecule has 0 bridgehead atoms. The summed E-state index contributed by atoms with van der Waals surface area (Å²) < 4.78 is 33.7. The average molecular weight is 411 g/mol. The summed E-state index contributed by atoms with van der Waals surface area (Å²) in [6, 6.07) is 13.1. The van der Waals surface area contributed by atoms with Crippen LogP contribution in [-0.2, 0) is 10.0 Å². The summed E-state index contributed by atoms with van der Waals surface area (Å²) in [4.78, 5) is 2.73. The van der Waals surface area contributed by atoms with E-state index in [1.807, 2.05) is 12.1 Å². The van der Waals surface area contributed by atoms with Gasteiger partial charge in [0, 0.05) is 25.0 Å². The summed E-state index contributed by atoms with van der Waals surface area (Å²) >= 11 is 0. The zero-order valence-corrected chi connectivity index (χ0v) is 17.8. The van der Waals surface area contributed by atoms with E-state index in [1.165, 1.54) is 16.7 Å². The molecular formula is C23H26N2O3S. The molecule has 0 saturated heterocycles. The van der Waals surface area contributed by atoms with Crippen LogP contribution < -0.4 is 9.04 Å². The van der Waals surface area contributed by atoms with Crippen LogP contribution in [0.4, 0.5) is 5.69 Å². The first-order valence-electron chi connectivity index (χ1n) is 10.1. The Kier molecular flexibility index (Phi) is 4.26. The third kappa shape index (κ3) is 2.81. The van der Waals surface area contributed by atoms with Crippen molar-refractivity contribution in [2.45, 2.75) is 30.2 Å². The number of ether oxygens (including phenoxy) is 1. The first-order valence-corrected chi connectivity index (χ1v) is 11.6. The molecule has 0 radical (unpaired) electrons. The molecule has 0 fully saturated rings. The molecule has 2 aromatic carbocycles. The lowest BCUT2D eigenvalue weighted by Gasteiger charge is -2.41. The van der Waals surface area contributed by atoms with E-state index >= 15 is 0 Å². The van der Waals surface area contributed by atoms with Crippen molar-refractivity contribution in [3.63, 3.8) is 0 Å². The van der Waals surface area contributed by atoms with E-state index in [1.54, 1.807) is 35.7 Å². The highest BCUT2D eigenvalue weighted by atomic mass is 32.2. The molecular weight excluding hydrogens is 384 g/mol. The van der Waals surface area contributed by atoms with E-state index < -0.39 is 10.0 Å². The van der Waals surface area contributed by atoms with Crippen molar-refractivity contribution in [2.24, 2.45) is 5.92 Å². The lowest BCUT2D eigenvalue weighted by Crippen LogP contribution is -2.42. The van der Waals surface area contributed by atoms with Gasteiger partial charge in [0.25, 0.3) is 10.0 Å². The van der Waals surface area contributed by atoms with Crippen LogP contribution in [0.25, 0.3) is 5.57 Å². The molecule has 152 valence electrons. The van der Waals surface area contributed by atoms with Crippen molar-refractivity contribution >= 4 is 21.3 Å². The topological polar surface area (TPSA) is 49.9 Å².